The third-order valence-electron chi connectivity index (χ3n) is 5.07. The Balaban J connectivity index is 1.63. The molecule has 0 aromatic heterocycles. The van der Waals surface area contributed by atoms with E-state index in [-0.39, 0.29) is 0 Å². The minimum absolute atomic E-state index is 0.565. The third-order valence-corrected chi connectivity index (χ3v) is 5.07. The molecule has 2 heteroatoms. The lowest BCUT2D eigenvalue weighted by molar-refractivity contribution is 0.304. The summed E-state index contributed by atoms with van der Waals surface area (Å²) in [6, 6.07) is 29.5. The molecule has 0 spiro atoms. The van der Waals surface area contributed by atoms with Crippen LogP contribution in [0.15, 0.2) is 84.9 Å². The van der Waals surface area contributed by atoms with Crippen molar-refractivity contribution in [2.45, 2.75) is 27.0 Å². The molecule has 0 aliphatic rings. The van der Waals surface area contributed by atoms with E-state index in [1.54, 1.807) is 0 Å². The van der Waals surface area contributed by atoms with Gasteiger partial charge in [-0.1, -0.05) is 78.4 Å². The van der Waals surface area contributed by atoms with E-state index in [2.05, 4.69) is 85.9 Å². The Morgan fingerprint density at radius 2 is 1.57 bits per heavy atom. The average Bonchev–Trinajstić information content (AvgIpc) is 2.72. The summed E-state index contributed by atoms with van der Waals surface area (Å²) in [5.74, 6) is 0.930. The highest BCUT2D eigenvalue weighted by Gasteiger charge is 2.10. The largest absolute Gasteiger partial charge is 0.489 e. The predicted molar refractivity (Wildman–Crippen MR) is 118 cm³/mol. The second-order valence-corrected chi connectivity index (χ2v) is 7.21. The van der Waals surface area contributed by atoms with Gasteiger partial charge in [-0.25, -0.2) is 0 Å². The van der Waals surface area contributed by atoms with E-state index in [1.807, 2.05) is 18.2 Å². The minimum Gasteiger partial charge on any atom is -0.489 e. The van der Waals surface area contributed by atoms with E-state index in [0.717, 1.165) is 18.0 Å². The molecule has 28 heavy (non-hydrogen) atoms. The van der Waals surface area contributed by atoms with Gasteiger partial charge >= 0.3 is 0 Å². The van der Waals surface area contributed by atoms with Crippen molar-refractivity contribution < 1.29 is 4.74 Å². The van der Waals surface area contributed by atoms with E-state index >= 15 is 0 Å². The highest BCUT2D eigenvalue weighted by atomic mass is 16.5. The van der Waals surface area contributed by atoms with Crippen LogP contribution in [-0.4, -0.2) is 0 Å². The fraction of sp³-hybridized carbons (Fsp3) is 0.154. The van der Waals surface area contributed by atoms with E-state index in [4.69, 9.17) is 4.74 Å². The van der Waals surface area contributed by atoms with Crippen LogP contribution in [0.25, 0.3) is 10.8 Å². The monoisotopic (exact) mass is 367 g/mol. The summed E-state index contributed by atoms with van der Waals surface area (Å²) in [6.07, 6.45) is 0. The average molecular weight is 367 g/mol. The van der Waals surface area contributed by atoms with Gasteiger partial charge in [-0.05, 0) is 47.9 Å². The Morgan fingerprint density at radius 3 is 2.39 bits per heavy atom. The Hall–Kier alpha value is -3.26. The SMILES string of the molecule is Cc1ccc(NCc2c(OCc3ccccc3)ccc3ccccc23)c(C)c1. The first-order valence-electron chi connectivity index (χ1n) is 9.69. The van der Waals surface area contributed by atoms with Crippen LogP contribution < -0.4 is 10.1 Å². The molecule has 4 rings (SSSR count). The zero-order valence-corrected chi connectivity index (χ0v) is 16.4. The lowest BCUT2D eigenvalue weighted by Gasteiger charge is -2.17. The summed E-state index contributed by atoms with van der Waals surface area (Å²) >= 11 is 0. The number of nitrogens with one attached hydrogen (secondary N) is 1. The number of hydrogen-bond acceptors (Lipinski definition) is 2. The summed E-state index contributed by atoms with van der Waals surface area (Å²) in [4.78, 5) is 0. The standard InChI is InChI=1S/C26H25NO/c1-19-12-14-25(20(2)16-19)27-17-24-23-11-7-6-10-22(23)13-15-26(24)28-18-21-8-4-3-5-9-21/h3-16,27H,17-18H2,1-2H3. The zero-order chi connectivity index (χ0) is 19.3. The van der Waals surface area contributed by atoms with Crippen LogP contribution in [0, 0.1) is 13.8 Å². The number of ether oxygens (including phenoxy) is 1. The number of fused-ring (bicyclic) bond motifs is 1. The Kier molecular flexibility index (Phi) is 5.29. The number of benzene rings is 4. The van der Waals surface area contributed by atoms with Crippen molar-refractivity contribution in [3.8, 4) is 5.75 Å². The molecule has 0 heterocycles. The minimum atomic E-state index is 0.565. The number of aryl methyl sites for hydroxylation is 2. The van der Waals surface area contributed by atoms with Crippen molar-refractivity contribution in [2.75, 3.05) is 5.32 Å². The van der Waals surface area contributed by atoms with Crippen molar-refractivity contribution in [3.05, 3.63) is 107 Å². The molecule has 0 unspecified atom stereocenters. The van der Waals surface area contributed by atoms with Crippen molar-refractivity contribution in [1.82, 2.24) is 0 Å². The molecule has 0 bridgehead atoms. The predicted octanol–water partition coefficient (Wildman–Crippen LogP) is 6.65. The van der Waals surface area contributed by atoms with Crippen LogP contribution in [0.5, 0.6) is 5.75 Å². The topological polar surface area (TPSA) is 21.3 Å². The van der Waals surface area contributed by atoms with Crippen LogP contribution in [0.2, 0.25) is 0 Å². The molecular weight excluding hydrogens is 342 g/mol. The lowest BCUT2D eigenvalue weighted by atomic mass is 10.0. The molecule has 0 amide bonds. The van der Waals surface area contributed by atoms with Gasteiger partial charge in [0, 0.05) is 17.8 Å². The van der Waals surface area contributed by atoms with Crippen LogP contribution in [0.1, 0.15) is 22.3 Å². The zero-order valence-electron chi connectivity index (χ0n) is 16.4. The molecule has 0 saturated carbocycles. The first kappa shape index (κ1) is 18.1. The van der Waals surface area contributed by atoms with E-state index in [9.17, 15) is 0 Å². The third kappa shape index (κ3) is 4.01. The van der Waals surface area contributed by atoms with Crippen molar-refractivity contribution in [3.63, 3.8) is 0 Å². The molecule has 1 N–H and O–H groups in total. The first-order chi connectivity index (χ1) is 13.7. The summed E-state index contributed by atoms with van der Waals surface area (Å²) in [5, 5.41) is 6.06. The summed E-state index contributed by atoms with van der Waals surface area (Å²) in [7, 11) is 0. The molecular formula is C26H25NO. The maximum atomic E-state index is 6.23. The van der Waals surface area contributed by atoms with Gasteiger partial charge in [0.15, 0.2) is 0 Å². The maximum absolute atomic E-state index is 6.23. The van der Waals surface area contributed by atoms with Crippen molar-refractivity contribution >= 4 is 16.5 Å². The first-order valence-corrected chi connectivity index (χ1v) is 9.69. The highest BCUT2D eigenvalue weighted by molar-refractivity contribution is 5.88. The van der Waals surface area contributed by atoms with Crippen molar-refractivity contribution in [2.24, 2.45) is 0 Å². The molecule has 0 atom stereocenters. The van der Waals surface area contributed by atoms with Gasteiger partial charge in [0.05, 0.1) is 0 Å². The van der Waals surface area contributed by atoms with E-state index in [0.29, 0.717) is 6.61 Å². The number of hydrogen-bond donors (Lipinski definition) is 1. The molecule has 0 aliphatic carbocycles. The normalized spacial score (nSPS) is 10.8. The number of anilines is 1. The molecule has 0 fully saturated rings. The van der Waals surface area contributed by atoms with Gasteiger partial charge in [-0.3, -0.25) is 0 Å². The van der Waals surface area contributed by atoms with E-state index in [1.165, 1.54) is 33.0 Å². The van der Waals surface area contributed by atoms with Crippen molar-refractivity contribution in [1.29, 1.82) is 0 Å². The van der Waals surface area contributed by atoms with Crippen LogP contribution in [0.3, 0.4) is 0 Å². The van der Waals surface area contributed by atoms with Gasteiger partial charge in [0.2, 0.25) is 0 Å². The lowest BCUT2D eigenvalue weighted by Crippen LogP contribution is -2.05. The van der Waals surface area contributed by atoms with Gasteiger partial charge in [-0.2, -0.15) is 0 Å². The molecule has 0 aliphatic heterocycles. The molecule has 0 saturated heterocycles. The quantitative estimate of drug-likeness (QED) is 0.412. The van der Waals surface area contributed by atoms with Gasteiger partial charge < -0.3 is 10.1 Å². The molecule has 0 radical (unpaired) electrons. The smallest absolute Gasteiger partial charge is 0.125 e. The Morgan fingerprint density at radius 1 is 0.786 bits per heavy atom. The number of rotatable bonds is 6. The highest BCUT2D eigenvalue weighted by Crippen LogP contribution is 2.30. The molecule has 4 aromatic rings. The summed E-state index contributed by atoms with van der Waals surface area (Å²) in [6.45, 7) is 5.55. The van der Waals surface area contributed by atoms with Crippen LogP contribution in [-0.2, 0) is 13.2 Å². The molecule has 2 nitrogen and oxygen atoms in total. The van der Waals surface area contributed by atoms with Crippen LogP contribution >= 0.6 is 0 Å². The molecule has 4 aromatic carbocycles. The Bertz CT molecular complexity index is 1090. The second-order valence-electron chi connectivity index (χ2n) is 7.21. The maximum Gasteiger partial charge on any atom is 0.125 e. The fourth-order valence-electron chi connectivity index (χ4n) is 3.56. The van der Waals surface area contributed by atoms with Gasteiger partial charge in [0.1, 0.15) is 12.4 Å². The molecule has 140 valence electrons. The fourth-order valence-corrected chi connectivity index (χ4v) is 3.56. The van der Waals surface area contributed by atoms with E-state index < -0.39 is 0 Å². The summed E-state index contributed by atoms with van der Waals surface area (Å²) < 4.78 is 6.23. The van der Waals surface area contributed by atoms with Crippen LogP contribution in [0.4, 0.5) is 5.69 Å². The Labute approximate surface area is 166 Å². The van der Waals surface area contributed by atoms with Gasteiger partial charge in [0.25, 0.3) is 0 Å². The summed E-state index contributed by atoms with van der Waals surface area (Å²) in [5.41, 5.74) is 6.05. The second kappa shape index (κ2) is 8.18. The van der Waals surface area contributed by atoms with Gasteiger partial charge in [-0.15, -0.1) is 0 Å².